The number of nitrogens with zero attached hydrogens (tertiary/aromatic N) is 2. The molecular formula is C10H12F3N3S. The van der Waals surface area contributed by atoms with Crippen LogP contribution in [0.2, 0.25) is 0 Å². The van der Waals surface area contributed by atoms with Crippen molar-refractivity contribution < 1.29 is 13.2 Å². The lowest BCUT2D eigenvalue weighted by Gasteiger charge is -2.10. The van der Waals surface area contributed by atoms with E-state index in [0.29, 0.717) is 11.1 Å². The molecule has 0 aliphatic carbocycles. The molecule has 1 aliphatic heterocycles. The Morgan fingerprint density at radius 3 is 2.71 bits per heavy atom. The predicted octanol–water partition coefficient (Wildman–Crippen LogP) is 2.80. The predicted molar refractivity (Wildman–Crippen MR) is 61.0 cm³/mol. The Hall–Kier alpha value is -0.980. The van der Waals surface area contributed by atoms with Crippen LogP contribution in [0.1, 0.15) is 18.5 Å². The van der Waals surface area contributed by atoms with E-state index in [1.54, 1.807) is 0 Å². The molecule has 0 radical (unpaired) electrons. The Kier molecular flexibility index (Phi) is 3.76. The highest BCUT2D eigenvalue weighted by Crippen LogP contribution is 2.28. The van der Waals surface area contributed by atoms with Crippen LogP contribution in [0.5, 0.6) is 0 Å². The van der Waals surface area contributed by atoms with Gasteiger partial charge in [0.15, 0.2) is 5.69 Å². The van der Waals surface area contributed by atoms with E-state index in [4.69, 9.17) is 0 Å². The maximum absolute atomic E-state index is 12.2. The second-order valence-corrected chi connectivity index (χ2v) is 5.23. The Bertz CT molecular complexity index is 360. The Labute approximate surface area is 101 Å². The molecule has 0 amide bonds. The zero-order chi connectivity index (χ0) is 12.3. The van der Waals surface area contributed by atoms with Gasteiger partial charge >= 0.3 is 6.18 Å². The highest BCUT2D eigenvalue weighted by Gasteiger charge is 2.32. The van der Waals surface area contributed by atoms with Gasteiger partial charge in [-0.25, -0.2) is 0 Å². The summed E-state index contributed by atoms with van der Waals surface area (Å²) in [6.07, 6.45) is -2.08. The van der Waals surface area contributed by atoms with E-state index in [1.165, 1.54) is 12.5 Å². The van der Waals surface area contributed by atoms with Crippen LogP contribution in [0.25, 0.3) is 0 Å². The first-order valence-corrected chi connectivity index (χ1v) is 6.37. The Balaban J connectivity index is 1.89. The van der Waals surface area contributed by atoms with E-state index in [0.717, 1.165) is 24.8 Å². The number of aromatic nitrogens is 2. The zero-order valence-electron chi connectivity index (χ0n) is 9.00. The lowest BCUT2D eigenvalue weighted by atomic mass is 10.2. The van der Waals surface area contributed by atoms with Gasteiger partial charge in [-0.1, -0.05) is 0 Å². The third-order valence-electron chi connectivity index (χ3n) is 2.49. The van der Waals surface area contributed by atoms with Crippen molar-refractivity contribution in [3.8, 4) is 0 Å². The summed E-state index contributed by atoms with van der Waals surface area (Å²) in [6, 6.07) is 2.26. The van der Waals surface area contributed by atoms with E-state index < -0.39 is 11.9 Å². The molecule has 0 aromatic carbocycles. The van der Waals surface area contributed by atoms with Gasteiger partial charge in [-0.3, -0.25) is 0 Å². The van der Waals surface area contributed by atoms with Crippen molar-refractivity contribution in [1.82, 2.24) is 10.2 Å². The van der Waals surface area contributed by atoms with E-state index in [2.05, 4.69) is 15.5 Å². The molecule has 0 spiro atoms. The number of halogens is 3. The van der Waals surface area contributed by atoms with Crippen molar-refractivity contribution in [1.29, 1.82) is 0 Å². The second kappa shape index (κ2) is 5.12. The number of hydrogen-bond acceptors (Lipinski definition) is 4. The van der Waals surface area contributed by atoms with E-state index in [1.807, 2.05) is 11.8 Å². The number of thioether (sulfide) groups is 1. The maximum atomic E-state index is 12.2. The van der Waals surface area contributed by atoms with Gasteiger partial charge in [-0.15, -0.1) is 10.2 Å². The quantitative estimate of drug-likeness (QED) is 0.910. The monoisotopic (exact) mass is 263 g/mol. The molecule has 3 nitrogen and oxygen atoms in total. The Morgan fingerprint density at radius 2 is 2.18 bits per heavy atom. The molecule has 0 bridgehead atoms. The normalized spacial score (nSPS) is 20.5. The molecule has 1 unspecified atom stereocenters. The van der Waals surface area contributed by atoms with Gasteiger partial charge in [0.05, 0.1) is 0 Å². The lowest BCUT2D eigenvalue weighted by molar-refractivity contribution is -0.141. The standard InChI is InChI=1S/C10H12F3N3S/c11-10(12,13)8-3-4-9(16-15-8)14-6-7-2-1-5-17-7/h3-4,7H,1-2,5-6H2,(H,14,16). The first-order valence-electron chi connectivity index (χ1n) is 5.32. The molecule has 94 valence electrons. The van der Waals surface area contributed by atoms with Gasteiger partial charge in [0.25, 0.3) is 0 Å². The summed E-state index contributed by atoms with van der Waals surface area (Å²) < 4.78 is 36.7. The molecule has 7 heteroatoms. The number of hydrogen-bond donors (Lipinski definition) is 1. The molecule has 1 aliphatic rings. The van der Waals surface area contributed by atoms with Crippen molar-refractivity contribution in [2.24, 2.45) is 0 Å². The van der Waals surface area contributed by atoms with Crippen LogP contribution >= 0.6 is 11.8 Å². The minimum atomic E-state index is -4.42. The van der Waals surface area contributed by atoms with E-state index in [-0.39, 0.29) is 0 Å². The van der Waals surface area contributed by atoms with E-state index in [9.17, 15) is 13.2 Å². The van der Waals surface area contributed by atoms with E-state index >= 15 is 0 Å². The fourth-order valence-corrected chi connectivity index (χ4v) is 2.80. The van der Waals surface area contributed by atoms with Crippen molar-refractivity contribution >= 4 is 17.6 Å². The van der Waals surface area contributed by atoms with Gasteiger partial charge in [0.2, 0.25) is 0 Å². The van der Waals surface area contributed by atoms with Crippen molar-refractivity contribution in [2.75, 3.05) is 17.6 Å². The van der Waals surface area contributed by atoms with Crippen molar-refractivity contribution in [2.45, 2.75) is 24.3 Å². The summed E-state index contributed by atoms with van der Waals surface area (Å²) in [5.41, 5.74) is -0.960. The molecule has 0 saturated carbocycles. The third-order valence-corrected chi connectivity index (χ3v) is 3.89. The van der Waals surface area contributed by atoms with Crippen molar-refractivity contribution in [3.63, 3.8) is 0 Å². The molecule has 1 atom stereocenters. The third kappa shape index (κ3) is 3.49. The maximum Gasteiger partial charge on any atom is 0.435 e. The van der Waals surface area contributed by atoms with Crippen LogP contribution < -0.4 is 5.32 Å². The van der Waals surface area contributed by atoms with Gasteiger partial charge < -0.3 is 5.32 Å². The smallest absolute Gasteiger partial charge is 0.367 e. The van der Waals surface area contributed by atoms with Crippen LogP contribution in [0.3, 0.4) is 0 Å². The second-order valence-electron chi connectivity index (χ2n) is 3.82. The molecule has 1 aromatic rings. The van der Waals surface area contributed by atoms with Crippen LogP contribution in [-0.4, -0.2) is 27.7 Å². The number of alkyl halides is 3. The summed E-state index contributed by atoms with van der Waals surface area (Å²) in [5, 5.41) is 10.2. The highest BCUT2D eigenvalue weighted by atomic mass is 32.2. The molecular weight excluding hydrogens is 251 g/mol. The zero-order valence-corrected chi connectivity index (χ0v) is 9.81. The fourth-order valence-electron chi connectivity index (χ4n) is 1.60. The molecule has 1 fully saturated rings. The minimum Gasteiger partial charge on any atom is -0.367 e. The highest BCUT2D eigenvalue weighted by molar-refractivity contribution is 8.00. The number of nitrogens with one attached hydrogen (secondary N) is 1. The van der Waals surface area contributed by atoms with Gasteiger partial charge in [0, 0.05) is 11.8 Å². The first-order chi connectivity index (χ1) is 8.05. The lowest BCUT2D eigenvalue weighted by Crippen LogP contribution is -2.16. The van der Waals surface area contributed by atoms with Gasteiger partial charge in [-0.05, 0) is 30.7 Å². The summed E-state index contributed by atoms with van der Waals surface area (Å²) in [6.45, 7) is 0.727. The minimum absolute atomic E-state index is 0.394. The Morgan fingerprint density at radius 1 is 1.35 bits per heavy atom. The van der Waals surface area contributed by atoms with Crippen LogP contribution in [0.15, 0.2) is 12.1 Å². The topological polar surface area (TPSA) is 37.8 Å². The van der Waals surface area contributed by atoms with Crippen LogP contribution in [-0.2, 0) is 6.18 Å². The molecule has 1 N–H and O–H groups in total. The molecule has 17 heavy (non-hydrogen) atoms. The van der Waals surface area contributed by atoms with Gasteiger partial charge in [0.1, 0.15) is 5.82 Å². The summed E-state index contributed by atoms with van der Waals surface area (Å²) in [5.74, 6) is 1.55. The largest absolute Gasteiger partial charge is 0.435 e. The first kappa shape index (κ1) is 12.5. The molecule has 2 heterocycles. The van der Waals surface area contributed by atoms with Gasteiger partial charge in [-0.2, -0.15) is 24.9 Å². The van der Waals surface area contributed by atoms with Crippen LogP contribution in [0, 0.1) is 0 Å². The number of rotatable bonds is 3. The SMILES string of the molecule is FC(F)(F)c1ccc(NCC2CCCS2)nn1. The number of anilines is 1. The van der Waals surface area contributed by atoms with Crippen LogP contribution in [0.4, 0.5) is 19.0 Å². The van der Waals surface area contributed by atoms with Crippen molar-refractivity contribution in [3.05, 3.63) is 17.8 Å². The molecule has 1 aromatic heterocycles. The fraction of sp³-hybridized carbons (Fsp3) is 0.600. The molecule has 1 saturated heterocycles. The molecule has 2 rings (SSSR count). The average Bonchev–Trinajstić information content (AvgIpc) is 2.78. The summed E-state index contributed by atoms with van der Waals surface area (Å²) >= 11 is 1.88. The summed E-state index contributed by atoms with van der Waals surface area (Å²) in [4.78, 5) is 0. The summed E-state index contributed by atoms with van der Waals surface area (Å²) in [7, 11) is 0. The average molecular weight is 263 g/mol.